The van der Waals surface area contributed by atoms with Crippen molar-refractivity contribution in [3.8, 4) is 0 Å². The minimum absolute atomic E-state index is 0.223. The first kappa shape index (κ1) is 15.8. The van der Waals surface area contributed by atoms with E-state index in [9.17, 15) is 4.79 Å². The van der Waals surface area contributed by atoms with E-state index >= 15 is 0 Å². The van der Waals surface area contributed by atoms with Gasteiger partial charge in [-0.15, -0.1) is 0 Å². The van der Waals surface area contributed by atoms with Crippen molar-refractivity contribution in [2.75, 3.05) is 20.1 Å². The maximum atomic E-state index is 12.8. The van der Waals surface area contributed by atoms with Crippen molar-refractivity contribution < 1.29 is 4.79 Å². The lowest BCUT2D eigenvalue weighted by molar-refractivity contribution is -0.124. The molecule has 2 aromatic carbocycles. The molecule has 3 heteroatoms. The molecule has 2 N–H and O–H groups in total. The number of carbonyl (C=O) groups excluding carboxylic acids is 1. The fourth-order valence-electron chi connectivity index (χ4n) is 3.97. The van der Waals surface area contributed by atoms with Crippen molar-refractivity contribution in [3.63, 3.8) is 0 Å². The molecule has 120 valence electrons. The van der Waals surface area contributed by atoms with E-state index in [1.54, 1.807) is 0 Å². The van der Waals surface area contributed by atoms with Gasteiger partial charge in [0.1, 0.15) is 5.41 Å². The molecular weight excluding hydrogens is 284 g/mol. The van der Waals surface area contributed by atoms with Gasteiger partial charge in [0.05, 0.1) is 0 Å². The monoisotopic (exact) mass is 308 g/mol. The number of rotatable bonds is 4. The van der Waals surface area contributed by atoms with E-state index in [0.717, 1.165) is 37.1 Å². The number of primary amides is 1. The van der Waals surface area contributed by atoms with E-state index in [-0.39, 0.29) is 11.8 Å². The molecule has 1 amide bonds. The standard InChI is InChI=1S/C20H24N2O/c1-22-14-12-18(13-15-22)20(19(21)23,16-8-4-2-5-9-16)17-10-6-3-7-11-17/h2-11,18H,12-15H2,1H3,(H2,21,23). The van der Waals surface area contributed by atoms with Gasteiger partial charge in [-0.1, -0.05) is 60.7 Å². The largest absolute Gasteiger partial charge is 0.369 e. The van der Waals surface area contributed by atoms with E-state index < -0.39 is 5.41 Å². The lowest BCUT2D eigenvalue weighted by Crippen LogP contribution is -2.51. The highest BCUT2D eigenvalue weighted by Crippen LogP contribution is 2.43. The van der Waals surface area contributed by atoms with Crippen molar-refractivity contribution in [1.29, 1.82) is 0 Å². The average Bonchev–Trinajstić information content (AvgIpc) is 2.59. The molecule has 0 unspecified atom stereocenters. The van der Waals surface area contributed by atoms with Crippen molar-refractivity contribution in [2.45, 2.75) is 18.3 Å². The number of benzene rings is 2. The number of hydrogen-bond donors (Lipinski definition) is 1. The van der Waals surface area contributed by atoms with Crippen LogP contribution in [0.4, 0.5) is 0 Å². The van der Waals surface area contributed by atoms with Gasteiger partial charge in [-0.25, -0.2) is 0 Å². The summed E-state index contributed by atoms with van der Waals surface area (Å²) >= 11 is 0. The molecule has 0 radical (unpaired) electrons. The predicted octanol–water partition coefficient (Wildman–Crippen LogP) is 2.80. The highest BCUT2D eigenvalue weighted by Gasteiger charge is 2.47. The van der Waals surface area contributed by atoms with Crippen LogP contribution >= 0.6 is 0 Å². The van der Waals surface area contributed by atoms with Gasteiger partial charge >= 0.3 is 0 Å². The van der Waals surface area contributed by atoms with Crippen LogP contribution in [-0.2, 0) is 10.2 Å². The third-order valence-electron chi connectivity index (χ3n) is 5.18. The van der Waals surface area contributed by atoms with Crippen LogP contribution in [0, 0.1) is 5.92 Å². The number of hydrogen-bond acceptors (Lipinski definition) is 2. The number of nitrogens with two attached hydrogens (primary N) is 1. The van der Waals surface area contributed by atoms with E-state index in [1.165, 1.54) is 0 Å². The highest BCUT2D eigenvalue weighted by molar-refractivity contribution is 5.91. The first-order chi connectivity index (χ1) is 11.2. The van der Waals surface area contributed by atoms with Gasteiger partial charge in [0, 0.05) is 0 Å². The zero-order chi connectivity index (χ0) is 16.3. The van der Waals surface area contributed by atoms with Crippen LogP contribution in [0.3, 0.4) is 0 Å². The van der Waals surface area contributed by atoms with Crippen LogP contribution < -0.4 is 5.73 Å². The fraction of sp³-hybridized carbons (Fsp3) is 0.350. The third-order valence-corrected chi connectivity index (χ3v) is 5.18. The number of likely N-dealkylation sites (tertiary alicyclic amines) is 1. The molecule has 0 saturated carbocycles. The Morgan fingerprint density at radius 2 is 1.39 bits per heavy atom. The normalized spacial score (nSPS) is 17.1. The van der Waals surface area contributed by atoms with Crippen molar-refractivity contribution >= 4 is 5.91 Å². The van der Waals surface area contributed by atoms with Gasteiger partial charge < -0.3 is 10.6 Å². The summed E-state index contributed by atoms with van der Waals surface area (Å²) in [7, 11) is 2.13. The van der Waals surface area contributed by atoms with E-state index in [4.69, 9.17) is 5.73 Å². The Morgan fingerprint density at radius 1 is 0.957 bits per heavy atom. The molecule has 23 heavy (non-hydrogen) atoms. The highest BCUT2D eigenvalue weighted by atomic mass is 16.1. The molecule has 0 atom stereocenters. The number of amides is 1. The summed E-state index contributed by atoms with van der Waals surface area (Å²) in [4.78, 5) is 15.1. The fourth-order valence-corrected chi connectivity index (χ4v) is 3.97. The Bertz CT molecular complexity index is 606. The van der Waals surface area contributed by atoms with Crippen molar-refractivity contribution in [3.05, 3.63) is 71.8 Å². The SMILES string of the molecule is CN1CCC(C(C(N)=O)(c2ccccc2)c2ccccc2)CC1. The van der Waals surface area contributed by atoms with Crippen LogP contribution in [0.1, 0.15) is 24.0 Å². The zero-order valence-corrected chi connectivity index (χ0v) is 13.6. The van der Waals surface area contributed by atoms with Crippen LogP contribution in [0.15, 0.2) is 60.7 Å². The van der Waals surface area contributed by atoms with Crippen molar-refractivity contribution in [1.82, 2.24) is 4.90 Å². The molecule has 1 aliphatic heterocycles. The van der Waals surface area contributed by atoms with Gasteiger partial charge in [-0.2, -0.15) is 0 Å². The topological polar surface area (TPSA) is 46.3 Å². The third kappa shape index (κ3) is 2.77. The Kier molecular flexibility index (Phi) is 4.49. The maximum absolute atomic E-state index is 12.8. The maximum Gasteiger partial charge on any atom is 0.232 e. The first-order valence-corrected chi connectivity index (χ1v) is 8.25. The second kappa shape index (κ2) is 6.55. The summed E-state index contributed by atoms with van der Waals surface area (Å²) in [6.07, 6.45) is 1.95. The molecule has 0 aromatic heterocycles. The Morgan fingerprint density at radius 3 is 1.78 bits per heavy atom. The second-order valence-electron chi connectivity index (χ2n) is 6.48. The molecule has 1 heterocycles. The number of nitrogens with zero attached hydrogens (tertiary/aromatic N) is 1. The molecule has 3 rings (SSSR count). The van der Waals surface area contributed by atoms with Gasteiger partial charge in [0.25, 0.3) is 0 Å². The summed E-state index contributed by atoms with van der Waals surface area (Å²) in [6, 6.07) is 20.1. The number of carbonyl (C=O) groups is 1. The van der Waals surface area contributed by atoms with E-state index in [2.05, 4.69) is 11.9 Å². The second-order valence-corrected chi connectivity index (χ2v) is 6.48. The van der Waals surface area contributed by atoms with Crippen molar-refractivity contribution in [2.24, 2.45) is 11.7 Å². The van der Waals surface area contributed by atoms with Gasteiger partial charge in [0.15, 0.2) is 0 Å². The summed E-state index contributed by atoms with van der Waals surface area (Å²) in [6.45, 7) is 2.00. The average molecular weight is 308 g/mol. The molecule has 1 saturated heterocycles. The molecule has 2 aromatic rings. The zero-order valence-electron chi connectivity index (χ0n) is 13.6. The summed E-state index contributed by atoms with van der Waals surface area (Å²) in [5.74, 6) is -0.0227. The number of piperidine rings is 1. The molecular formula is C20H24N2O. The predicted molar refractivity (Wildman–Crippen MR) is 93.1 cm³/mol. The summed E-state index contributed by atoms with van der Waals surface area (Å²) in [5, 5.41) is 0. The Balaban J connectivity index is 2.17. The van der Waals surface area contributed by atoms with Gasteiger partial charge in [0.2, 0.25) is 5.91 Å². The minimum atomic E-state index is -0.746. The molecule has 0 bridgehead atoms. The Labute approximate surface area is 138 Å². The summed E-state index contributed by atoms with van der Waals surface area (Å²) < 4.78 is 0. The van der Waals surface area contributed by atoms with Crippen LogP contribution in [0.2, 0.25) is 0 Å². The van der Waals surface area contributed by atoms with E-state index in [0.29, 0.717) is 0 Å². The lowest BCUT2D eigenvalue weighted by Gasteiger charge is -2.43. The van der Waals surface area contributed by atoms with Crippen LogP contribution in [-0.4, -0.2) is 30.9 Å². The molecule has 1 fully saturated rings. The van der Waals surface area contributed by atoms with Crippen LogP contribution in [0.25, 0.3) is 0 Å². The van der Waals surface area contributed by atoms with Gasteiger partial charge in [-0.05, 0) is 50.0 Å². The van der Waals surface area contributed by atoms with Crippen LogP contribution in [0.5, 0.6) is 0 Å². The first-order valence-electron chi connectivity index (χ1n) is 8.25. The molecule has 0 aliphatic carbocycles. The Hall–Kier alpha value is -2.13. The minimum Gasteiger partial charge on any atom is -0.369 e. The quantitative estimate of drug-likeness (QED) is 0.944. The summed E-state index contributed by atoms with van der Waals surface area (Å²) in [5.41, 5.74) is 7.32. The van der Waals surface area contributed by atoms with Gasteiger partial charge in [-0.3, -0.25) is 4.79 Å². The lowest BCUT2D eigenvalue weighted by atomic mass is 9.62. The van der Waals surface area contributed by atoms with E-state index in [1.807, 2.05) is 60.7 Å². The molecule has 0 spiro atoms. The molecule has 1 aliphatic rings. The molecule has 3 nitrogen and oxygen atoms in total. The smallest absolute Gasteiger partial charge is 0.232 e.